The summed E-state index contributed by atoms with van der Waals surface area (Å²) in [5.74, 6) is 0.450. The first-order chi connectivity index (χ1) is 12.1. The normalized spacial score (nSPS) is 10.7. The lowest BCUT2D eigenvalue weighted by atomic mass is 10.2. The summed E-state index contributed by atoms with van der Waals surface area (Å²) in [6, 6.07) is 8.99. The van der Waals surface area contributed by atoms with Crippen LogP contribution in [0.2, 0.25) is 5.02 Å². The number of nitrogen functional groups attached to an aromatic ring is 1. The van der Waals surface area contributed by atoms with Crippen LogP contribution in [0.25, 0.3) is 11.3 Å². The van der Waals surface area contributed by atoms with Crippen molar-refractivity contribution in [1.82, 2.24) is 29.4 Å². The number of nitrogens with one attached hydrogen (secondary N) is 1. The standard InChI is InChI=1S/C15H10ClN9/c16-9-1-10(3-11(2-9)24-8-19-7-21-24)22-14-4-13(18)15-20-6-12(5-17)25(15)23-14/h1-4,6-8H,18H2,(H,22,23). The molecule has 10 heteroatoms. The van der Waals surface area contributed by atoms with Gasteiger partial charge >= 0.3 is 0 Å². The number of rotatable bonds is 3. The molecule has 9 nitrogen and oxygen atoms in total. The molecule has 4 aromatic rings. The lowest BCUT2D eigenvalue weighted by Gasteiger charge is -2.10. The van der Waals surface area contributed by atoms with Crippen molar-refractivity contribution >= 4 is 34.4 Å². The fourth-order valence-electron chi connectivity index (χ4n) is 2.40. The SMILES string of the molecule is N#Cc1cnc2c(N)cc(Nc3cc(Cl)cc(-n4cncn4)c3)nn12. The van der Waals surface area contributed by atoms with Crippen molar-refractivity contribution in [3.63, 3.8) is 0 Å². The Hall–Kier alpha value is -3.64. The minimum absolute atomic E-state index is 0.291. The Bertz CT molecular complexity index is 1110. The number of nitriles is 1. The van der Waals surface area contributed by atoms with E-state index in [4.69, 9.17) is 22.6 Å². The van der Waals surface area contributed by atoms with Crippen molar-refractivity contribution in [3.05, 3.63) is 53.8 Å². The van der Waals surface area contributed by atoms with Crippen molar-refractivity contribution in [2.75, 3.05) is 11.1 Å². The van der Waals surface area contributed by atoms with E-state index in [1.165, 1.54) is 17.0 Å². The Labute approximate surface area is 146 Å². The van der Waals surface area contributed by atoms with Gasteiger partial charge in [0.2, 0.25) is 0 Å². The lowest BCUT2D eigenvalue weighted by Crippen LogP contribution is -2.04. The van der Waals surface area contributed by atoms with Crippen LogP contribution < -0.4 is 11.1 Å². The van der Waals surface area contributed by atoms with E-state index in [1.807, 2.05) is 12.1 Å². The summed E-state index contributed by atoms with van der Waals surface area (Å²) in [4.78, 5) is 8.00. The molecule has 0 radical (unpaired) electrons. The molecule has 0 unspecified atom stereocenters. The Morgan fingerprint density at radius 3 is 2.88 bits per heavy atom. The van der Waals surface area contributed by atoms with Crippen LogP contribution in [-0.2, 0) is 0 Å². The quantitative estimate of drug-likeness (QED) is 0.579. The molecule has 122 valence electrons. The largest absolute Gasteiger partial charge is 0.396 e. The van der Waals surface area contributed by atoms with E-state index in [1.54, 1.807) is 29.2 Å². The highest BCUT2D eigenvalue weighted by Gasteiger charge is 2.10. The van der Waals surface area contributed by atoms with Gasteiger partial charge in [0.1, 0.15) is 18.7 Å². The fraction of sp³-hybridized carbons (Fsp3) is 0. The predicted octanol–water partition coefficient (Wildman–Crippen LogP) is 2.16. The van der Waals surface area contributed by atoms with Crippen molar-refractivity contribution in [2.24, 2.45) is 0 Å². The van der Waals surface area contributed by atoms with E-state index in [-0.39, 0.29) is 0 Å². The molecule has 3 N–H and O–H groups in total. The Morgan fingerprint density at radius 1 is 1.24 bits per heavy atom. The minimum atomic E-state index is 0.291. The van der Waals surface area contributed by atoms with Gasteiger partial charge < -0.3 is 11.1 Å². The van der Waals surface area contributed by atoms with Gasteiger partial charge in [-0.15, -0.1) is 5.10 Å². The molecule has 0 aliphatic heterocycles. The van der Waals surface area contributed by atoms with Crippen molar-refractivity contribution in [3.8, 4) is 11.8 Å². The molecular formula is C15H10ClN9. The summed E-state index contributed by atoms with van der Waals surface area (Å²) in [5.41, 5.74) is 8.53. The van der Waals surface area contributed by atoms with Gasteiger partial charge in [-0.2, -0.15) is 14.9 Å². The highest BCUT2D eigenvalue weighted by molar-refractivity contribution is 6.31. The van der Waals surface area contributed by atoms with Crippen molar-refractivity contribution < 1.29 is 0 Å². The first-order valence-electron chi connectivity index (χ1n) is 7.11. The fourth-order valence-corrected chi connectivity index (χ4v) is 2.63. The molecule has 0 atom stereocenters. The number of nitrogens with zero attached hydrogens (tertiary/aromatic N) is 7. The molecule has 0 saturated heterocycles. The van der Waals surface area contributed by atoms with Gasteiger partial charge in [0.25, 0.3) is 0 Å². The zero-order valence-corrected chi connectivity index (χ0v) is 13.4. The summed E-state index contributed by atoms with van der Waals surface area (Å²) in [6.07, 6.45) is 4.43. The molecule has 0 saturated carbocycles. The van der Waals surface area contributed by atoms with Crippen LogP contribution in [0, 0.1) is 11.3 Å². The second-order valence-electron chi connectivity index (χ2n) is 5.14. The zero-order valence-electron chi connectivity index (χ0n) is 12.6. The van der Waals surface area contributed by atoms with E-state index < -0.39 is 0 Å². The molecule has 0 fully saturated rings. The van der Waals surface area contributed by atoms with Crippen LogP contribution in [0.15, 0.2) is 43.1 Å². The first kappa shape index (κ1) is 14.9. The molecule has 0 aliphatic rings. The summed E-state index contributed by atoms with van der Waals surface area (Å²) in [5, 5.41) is 21.2. The van der Waals surface area contributed by atoms with Crippen LogP contribution >= 0.6 is 11.6 Å². The number of hydrogen-bond acceptors (Lipinski definition) is 7. The zero-order chi connectivity index (χ0) is 17.4. The van der Waals surface area contributed by atoms with Crippen LogP contribution in [0.3, 0.4) is 0 Å². The molecule has 0 amide bonds. The highest BCUT2D eigenvalue weighted by atomic mass is 35.5. The maximum absolute atomic E-state index is 9.13. The number of halogens is 1. The maximum atomic E-state index is 9.13. The number of aromatic nitrogens is 6. The summed E-state index contributed by atoms with van der Waals surface area (Å²) < 4.78 is 2.98. The third kappa shape index (κ3) is 2.71. The summed E-state index contributed by atoms with van der Waals surface area (Å²) in [7, 11) is 0. The molecular weight excluding hydrogens is 342 g/mol. The second-order valence-corrected chi connectivity index (χ2v) is 5.58. The molecule has 0 spiro atoms. The number of fused-ring (bicyclic) bond motifs is 1. The average molecular weight is 352 g/mol. The number of benzene rings is 1. The molecule has 0 bridgehead atoms. The van der Waals surface area contributed by atoms with E-state index in [0.29, 0.717) is 33.6 Å². The van der Waals surface area contributed by atoms with Gasteiger partial charge in [-0.3, -0.25) is 0 Å². The molecule has 25 heavy (non-hydrogen) atoms. The number of hydrogen-bond donors (Lipinski definition) is 2. The minimum Gasteiger partial charge on any atom is -0.396 e. The Morgan fingerprint density at radius 2 is 2.12 bits per heavy atom. The monoisotopic (exact) mass is 351 g/mol. The van der Waals surface area contributed by atoms with E-state index in [9.17, 15) is 0 Å². The van der Waals surface area contributed by atoms with Gasteiger partial charge in [-0.25, -0.2) is 14.6 Å². The third-order valence-corrected chi connectivity index (χ3v) is 3.67. The van der Waals surface area contributed by atoms with Gasteiger partial charge in [-0.1, -0.05) is 11.6 Å². The van der Waals surface area contributed by atoms with E-state index in [2.05, 4.69) is 25.5 Å². The Kier molecular flexibility index (Phi) is 3.45. The molecule has 1 aromatic carbocycles. The smallest absolute Gasteiger partial charge is 0.178 e. The lowest BCUT2D eigenvalue weighted by molar-refractivity contribution is 0.879. The van der Waals surface area contributed by atoms with Crippen molar-refractivity contribution in [1.29, 1.82) is 5.26 Å². The third-order valence-electron chi connectivity index (χ3n) is 3.45. The van der Waals surface area contributed by atoms with Crippen LogP contribution in [0.4, 0.5) is 17.2 Å². The summed E-state index contributed by atoms with van der Waals surface area (Å²) in [6.45, 7) is 0. The Balaban J connectivity index is 1.75. The van der Waals surface area contributed by atoms with Gasteiger partial charge in [-0.05, 0) is 18.2 Å². The van der Waals surface area contributed by atoms with Crippen LogP contribution in [0.5, 0.6) is 0 Å². The van der Waals surface area contributed by atoms with E-state index >= 15 is 0 Å². The van der Waals surface area contributed by atoms with Gasteiger partial charge in [0.15, 0.2) is 17.2 Å². The maximum Gasteiger partial charge on any atom is 0.178 e. The summed E-state index contributed by atoms with van der Waals surface area (Å²) >= 11 is 6.18. The molecule has 4 rings (SSSR count). The van der Waals surface area contributed by atoms with Gasteiger partial charge in [0.05, 0.1) is 17.6 Å². The number of anilines is 3. The average Bonchev–Trinajstić information content (AvgIpc) is 3.24. The van der Waals surface area contributed by atoms with Crippen LogP contribution in [0.1, 0.15) is 5.69 Å². The first-order valence-corrected chi connectivity index (χ1v) is 7.49. The second kappa shape index (κ2) is 5.77. The predicted molar refractivity (Wildman–Crippen MR) is 91.8 cm³/mol. The number of nitrogens with two attached hydrogens (primary N) is 1. The van der Waals surface area contributed by atoms with Crippen LogP contribution in [-0.4, -0.2) is 29.4 Å². The topological polar surface area (TPSA) is 123 Å². The molecule has 3 aromatic heterocycles. The van der Waals surface area contributed by atoms with Gasteiger partial charge in [0, 0.05) is 16.8 Å². The molecule has 0 aliphatic carbocycles. The molecule has 3 heterocycles. The number of imidazole rings is 1. The van der Waals surface area contributed by atoms with Crippen molar-refractivity contribution in [2.45, 2.75) is 0 Å². The van der Waals surface area contributed by atoms with E-state index in [0.717, 1.165) is 5.69 Å². The highest BCUT2D eigenvalue weighted by Crippen LogP contribution is 2.25.